The Morgan fingerprint density at radius 2 is 2.29 bits per heavy atom. The van der Waals surface area contributed by atoms with Crippen LogP contribution in [0.25, 0.3) is 10.9 Å². The molecule has 0 radical (unpaired) electrons. The molecule has 0 unspecified atom stereocenters. The van der Waals surface area contributed by atoms with Crippen LogP contribution in [0.4, 0.5) is 0 Å². The van der Waals surface area contributed by atoms with Gasteiger partial charge >= 0.3 is 0 Å². The highest BCUT2D eigenvalue weighted by molar-refractivity contribution is 7.71. The Bertz CT molecular complexity index is 790. The van der Waals surface area contributed by atoms with Crippen LogP contribution in [0.1, 0.15) is 23.2 Å². The molecule has 2 aromatic rings. The summed E-state index contributed by atoms with van der Waals surface area (Å²) < 4.78 is 5.70. The van der Waals surface area contributed by atoms with E-state index in [1.807, 2.05) is 0 Å². The molecule has 0 bridgehead atoms. The maximum absolute atomic E-state index is 12.1. The van der Waals surface area contributed by atoms with Gasteiger partial charge in [-0.3, -0.25) is 14.6 Å². The number of H-pyrrole nitrogens is 2. The Morgan fingerprint density at radius 3 is 3.05 bits per heavy atom. The van der Waals surface area contributed by atoms with E-state index in [1.54, 1.807) is 18.2 Å². The Balaban J connectivity index is 1.81. The van der Waals surface area contributed by atoms with E-state index < -0.39 is 0 Å². The average molecular weight is 305 g/mol. The third-order valence-corrected chi connectivity index (χ3v) is 3.72. The molecule has 1 fully saturated rings. The zero-order valence-corrected chi connectivity index (χ0v) is 12.1. The monoisotopic (exact) mass is 305 g/mol. The van der Waals surface area contributed by atoms with E-state index in [4.69, 9.17) is 17.0 Å². The van der Waals surface area contributed by atoms with Gasteiger partial charge in [-0.05, 0) is 43.3 Å². The lowest BCUT2D eigenvalue weighted by molar-refractivity contribution is 0.0858. The minimum atomic E-state index is -0.264. The van der Waals surface area contributed by atoms with E-state index in [1.165, 1.54) is 0 Å². The highest BCUT2D eigenvalue weighted by Crippen LogP contribution is 2.12. The number of amides is 1. The van der Waals surface area contributed by atoms with Gasteiger partial charge in [-0.2, -0.15) is 0 Å². The van der Waals surface area contributed by atoms with E-state index in [0.717, 1.165) is 19.4 Å². The fraction of sp³-hybridized carbons (Fsp3) is 0.357. The van der Waals surface area contributed by atoms with Crippen molar-refractivity contribution < 1.29 is 9.53 Å². The van der Waals surface area contributed by atoms with Gasteiger partial charge in [-0.1, -0.05) is 0 Å². The third kappa shape index (κ3) is 3.03. The molecule has 6 nitrogen and oxygen atoms in total. The number of aromatic amines is 2. The summed E-state index contributed by atoms with van der Waals surface area (Å²) in [6, 6.07) is 4.87. The van der Waals surface area contributed by atoms with E-state index in [9.17, 15) is 9.59 Å². The number of ether oxygens (including phenoxy) is 1. The van der Waals surface area contributed by atoms with Gasteiger partial charge < -0.3 is 15.0 Å². The van der Waals surface area contributed by atoms with Crippen molar-refractivity contribution in [2.24, 2.45) is 0 Å². The molecule has 1 saturated heterocycles. The molecule has 0 saturated carbocycles. The van der Waals surface area contributed by atoms with Crippen molar-refractivity contribution in [3.8, 4) is 0 Å². The second-order valence-electron chi connectivity index (χ2n) is 5.01. The summed E-state index contributed by atoms with van der Waals surface area (Å²) in [5.41, 5.74) is 0.769. The first-order valence-electron chi connectivity index (χ1n) is 6.79. The summed E-state index contributed by atoms with van der Waals surface area (Å²) in [4.78, 5) is 29.2. The molecule has 1 aliphatic heterocycles. The molecule has 1 aromatic heterocycles. The largest absolute Gasteiger partial charge is 0.376 e. The minimum Gasteiger partial charge on any atom is -0.376 e. The van der Waals surface area contributed by atoms with Gasteiger partial charge in [0.15, 0.2) is 4.77 Å². The van der Waals surface area contributed by atoms with E-state index in [0.29, 0.717) is 23.0 Å². The minimum absolute atomic E-state index is 0.100. The number of hydrogen-bond acceptors (Lipinski definition) is 4. The van der Waals surface area contributed by atoms with Crippen LogP contribution in [0.3, 0.4) is 0 Å². The van der Waals surface area contributed by atoms with Gasteiger partial charge in [0.1, 0.15) is 0 Å². The molecule has 1 atom stereocenters. The lowest BCUT2D eigenvalue weighted by Crippen LogP contribution is -2.31. The molecule has 21 heavy (non-hydrogen) atoms. The summed E-state index contributed by atoms with van der Waals surface area (Å²) >= 11 is 4.93. The molecule has 0 spiro atoms. The van der Waals surface area contributed by atoms with Crippen LogP contribution >= 0.6 is 12.2 Å². The van der Waals surface area contributed by atoms with Crippen molar-refractivity contribution in [1.29, 1.82) is 0 Å². The normalized spacial score (nSPS) is 18.0. The summed E-state index contributed by atoms with van der Waals surface area (Å²) in [6.45, 7) is 1.26. The molecule has 1 aromatic carbocycles. The predicted octanol–water partition coefficient (Wildman–Crippen LogP) is 1.49. The van der Waals surface area contributed by atoms with Crippen LogP contribution in [0.5, 0.6) is 0 Å². The second-order valence-corrected chi connectivity index (χ2v) is 5.42. The van der Waals surface area contributed by atoms with Crippen LogP contribution in [-0.2, 0) is 4.74 Å². The molecule has 1 aliphatic rings. The topological polar surface area (TPSA) is 87.0 Å². The first-order valence-corrected chi connectivity index (χ1v) is 7.20. The highest BCUT2D eigenvalue weighted by Gasteiger charge is 2.16. The lowest BCUT2D eigenvalue weighted by atomic mass is 10.1. The van der Waals surface area contributed by atoms with Crippen molar-refractivity contribution in [1.82, 2.24) is 15.3 Å². The van der Waals surface area contributed by atoms with Crippen molar-refractivity contribution in [2.45, 2.75) is 18.9 Å². The maximum Gasteiger partial charge on any atom is 0.259 e. The Morgan fingerprint density at radius 1 is 1.43 bits per heavy atom. The van der Waals surface area contributed by atoms with Crippen molar-refractivity contribution >= 4 is 29.0 Å². The summed E-state index contributed by atoms with van der Waals surface area (Å²) in [5, 5.41) is 3.32. The van der Waals surface area contributed by atoms with Crippen LogP contribution in [0, 0.1) is 4.77 Å². The Labute approximate surface area is 125 Å². The summed E-state index contributed by atoms with van der Waals surface area (Å²) in [6.07, 6.45) is 2.11. The number of benzene rings is 1. The quantitative estimate of drug-likeness (QED) is 0.750. The van der Waals surface area contributed by atoms with Crippen LogP contribution in [0.15, 0.2) is 23.0 Å². The summed E-state index contributed by atoms with van der Waals surface area (Å²) in [5.74, 6) is -0.188. The van der Waals surface area contributed by atoms with Crippen molar-refractivity contribution in [3.63, 3.8) is 0 Å². The number of aromatic nitrogens is 2. The van der Waals surface area contributed by atoms with Gasteiger partial charge in [0.2, 0.25) is 0 Å². The van der Waals surface area contributed by atoms with Crippen molar-refractivity contribution in [2.75, 3.05) is 13.2 Å². The predicted molar refractivity (Wildman–Crippen MR) is 81.1 cm³/mol. The van der Waals surface area contributed by atoms with Crippen LogP contribution in [0.2, 0.25) is 0 Å². The van der Waals surface area contributed by atoms with Crippen LogP contribution < -0.4 is 10.9 Å². The first-order chi connectivity index (χ1) is 10.1. The fourth-order valence-corrected chi connectivity index (χ4v) is 2.63. The fourth-order valence-electron chi connectivity index (χ4n) is 2.42. The van der Waals surface area contributed by atoms with E-state index >= 15 is 0 Å². The number of rotatable bonds is 3. The van der Waals surface area contributed by atoms with E-state index in [2.05, 4.69) is 15.3 Å². The number of hydrogen-bond donors (Lipinski definition) is 3. The molecule has 1 amide bonds. The molecule has 0 aliphatic carbocycles. The molecular weight excluding hydrogens is 290 g/mol. The molecule has 3 N–H and O–H groups in total. The average Bonchev–Trinajstić information content (AvgIpc) is 2.97. The smallest absolute Gasteiger partial charge is 0.259 e. The van der Waals surface area contributed by atoms with Gasteiger partial charge in [0, 0.05) is 18.7 Å². The molecule has 3 rings (SSSR count). The number of nitrogens with one attached hydrogen (secondary N) is 3. The SMILES string of the molecule is O=C(NC[C@@H]1CCCO1)c1ccc2c(=O)[nH]c(=S)[nH]c2c1. The second kappa shape index (κ2) is 5.79. The van der Waals surface area contributed by atoms with Crippen molar-refractivity contribution in [3.05, 3.63) is 38.9 Å². The molecule has 110 valence electrons. The molecule has 2 heterocycles. The third-order valence-electron chi connectivity index (χ3n) is 3.52. The maximum atomic E-state index is 12.1. The van der Waals surface area contributed by atoms with Crippen LogP contribution in [-0.4, -0.2) is 35.1 Å². The van der Waals surface area contributed by atoms with Gasteiger partial charge in [0.05, 0.1) is 17.0 Å². The highest BCUT2D eigenvalue weighted by atomic mass is 32.1. The zero-order valence-electron chi connectivity index (χ0n) is 11.3. The summed E-state index contributed by atoms with van der Waals surface area (Å²) in [7, 11) is 0. The first kappa shape index (κ1) is 14.0. The van der Waals surface area contributed by atoms with Gasteiger partial charge in [-0.15, -0.1) is 0 Å². The lowest BCUT2D eigenvalue weighted by Gasteiger charge is -2.11. The zero-order chi connectivity index (χ0) is 14.8. The van der Waals surface area contributed by atoms with Gasteiger partial charge in [-0.25, -0.2) is 0 Å². The molecule has 7 heteroatoms. The Hall–Kier alpha value is -1.99. The number of carbonyl (C=O) groups is 1. The number of fused-ring (bicyclic) bond motifs is 1. The van der Waals surface area contributed by atoms with Gasteiger partial charge in [0.25, 0.3) is 11.5 Å². The Kier molecular flexibility index (Phi) is 3.85. The number of carbonyl (C=O) groups excluding carboxylic acids is 1. The molecular formula is C14H15N3O3S. The van der Waals surface area contributed by atoms with E-state index in [-0.39, 0.29) is 22.3 Å². The standard InChI is InChI=1S/C14H15N3O3S/c18-12(15-7-9-2-1-5-20-9)8-3-4-10-11(6-8)16-14(21)17-13(10)19/h3-4,6,9H,1-2,5,7H2,(H,15,18)(H2,16,17,19,21)/t9-/m0/s1.